The standard InChI is InChI=1S/C25H28F6N4O5S/c1-14(32)22(2,3)10-17-13-35(41(37,38)18-8-15(11-33-12-18)24(26,27)28)19-9-16(6-7-20(19)39-17)34-21(36)40-23(4,5)25(29,30)31/h6-9,11-12,17H,1,10,13,32H2,2-5H3,(H,34,36)/t17-/m0/s1. The molecule has 1 aliphatic heterocycles. The number of anilines is 2. The number of pyridine rings is 1. The Hall–Kier alpha value is -3.69. The zero-order valence-corrected chi connectivity index (χ0v) is 23.2. The van der Waals surface area contributed by atoms with Crippen LogP contribution in [0.15, 0.2) is 53.8 Å². The number of nitrogens with zero attached hydrogens (tertiary/aromatic N) is 2. The summed E-state index contributed by atoms with van der Waals surface area (Å²) < 4.78 is 118. The highest BCUT2D eigenvalue weighted by Gasteiger charge is 2.51. The van der Waals surface area contributed by atoms with Crippen LogP contribution < -0.4 is 20.1 Å². The van der Waals surface area contributed by atoms with Crippen molar-refractivity contribution in [2.24, 2.45) is 11.1 Å². The lowest BCUT2D eigenvalue weighted by molar-refractivity contribution is -0.242. The van der Waals surface area contributed by atoms with E-state index in [0.717, 1.165) is 16.6 Å². The predicted molar refractivity (Wildman–Crippen MR) is 137 cm³/mol. The molecule has 2 aromatic rings. The highest BCUT2D eigenvalue weighted by molar-refractivity contribution is 7.92. The molecule has 41 heavy (non-hydrogen) atoms. The third-order valence-corrected chi connectivity index (χ3v) is 8.15. The fourth-order valence-corrected chi connectivity index (χ4v) is 5.19. The van der Waals surface area contributed by atoms with Crippen LogP contribution in [0.3, 0.4) is 0 Å². The van der Waals surface area contributed by atoms with Gasteiger partial charge in [0.1, 0.15) is 16.7 Å². The van der Waals surface area contributed by atoms with Crippen molar-refractivity contribution in [2.75, 3.05) is 16.2 Å². The zero-order valence-electron chi connectivity index (χ0n) is 22.4. The molecule has 0 aliphatic carbocycles. The van der Waals surface area contributed by atoms with Crippen LogP contribution in [0.5, 0.6) is 5.75 Å². The van der Waals surface area contributed by atoms with Crippen LogP contribution >= 0.6 is 0 Å². The summed E-state index contributed by atoms with van der Waals surface area (Å²) in [7, 11) is -4.72. The summed E-state index contributed by atoms with van der Waals surface area (Å²) in [5.41, 5.74) is 0.910. The molecule has 1 aromatic carbocycles. The molecule has 0 bridgehead atoms. The van der Waals surface area contributed by atoms with E-state index in [1.807, 2.05) is 0 Å². The Bertz CT molecular complexity index is 1440. The molecule has 0 spiro atoms. The number of allylic oxidation sites excluding steroid dienone is 1. The van der Waals surface area contributed by atoms with E-state index in [1.165, 1.54) is 12.1 Å². The quantitative estimate of drug-likeness (QED) is 0.378. The van der Waals surface area contributed by atoms with Gasteiger partial charge < -0.3 is 15.2 Å². The van der Waals surface area contributed by atoms with Gasteiger partial charge in [-0.25, -0.2) is 13.2 Å². The first-order chi connectivity index (χ1) is 18.5. The number of benzene rings is 1. The summed E-state index contributed by atoms with van der Waals surface area (Å²) in [6.07, 6.45) is -10.7. The molecule has 3 N–H and O–H groups in total. The average Bonchev–Trinajstić information content (AvgIpc) is 2.81. The summed E-state index contributed by atoms with van der Waals surface area (Å²) >= 11 is 0. The van der Waals surface area contributed by atoms with E-state index in [1.54, 1.807) is 13.8 Å². The number of nitrogens with one attached hydrogen (secondary N) is 1. The Kier molecular flexibility index (Phi) is 8.24. The van der Waals surface area contributed by atoms with Crippen molar-refractivity contribution in [1.82, 2.24) is 4.98 Å². The van der Waals surface area contributed by atoms with Crippen molar-refractivity contribution >= 4 is 27.5 Å². The second-order valence-electron chi connectivity index (χ2n) is 10.5. The Morgan fingerprint density at radius 3 is 2.34 bits per heavy atom. The van der Waals surface area contributed by atoms with Gasteiger partial charge >= 0.3 is 18.4 Å². The van der Waals surface area contributed by atoms with Crippen LogP contribution in [0.4, 0.5) is 42.5 Å². The lowest BCUT2D eigenvalue weighted by Gasteiger charge is -2.38. The molecule has 2 heterocycles. The average molecular weight is 611 g/mol. The van der Waals surface area contributed by atoms with Gasteiger partial charge in [-0.2, -0.15) is 26.3 Å². The van der Waals surface area contributed by atoms with E-state index >= 15 is 0 Å². The van der Waals surface area contributed by atoms with Gasteiger partial charge in [-0.3, -0.25) is 14.6 Å². The monoisotopic (exact) mass is 610 g/mol. The molecule has 9 nitrogen and oxygen atoms in total. The van der Waals surface area contributed by atoms with Gasteiger partial charge in [0.05, 0.1) is 17.8 Å². The summed E-state index contributed by atoms with van der Waals surface area (Å²) in [5.74, 6) is -0.0299. The maximum Gasteiger partial charge on any atom is 0.427 e. The number of amides is 1. The van der Waals surface area contributed by atoms with E-state index < -0.39 is 62.6 Å². The number of nitrogens with two attached hydrogens (primary N) is 1. The normalized spacial score (nSPS) is 16.4. The van der Waals surface area contributed by atoms with Gasteiger partial charge in [0.2, 0.25) is 5.60 Å². The topological polar surface area (TPSA) is 124 Å². The molecule has 16 heteroatoms. The SMILES string of the molecule is C=C(N)C(C)(C)C[C@H]1CN(S(=O)(=O)c2cncc(C(F)(F)F)c2)c2cc(NC(=O)OC(C)(C)C(F)(F)F)ccc2O1. The summed E-state index contributed by atoms with van der Waals surface area (Å²) in [6, 6.07) is 3.99. The van der Waals surface area contributed by atoms with E-state index in [-0.39, 0.29) is 29.2 Å². The Labute approximate surface area is 232 Å². The lowest BCUT2D eigenvalue weighted by Crippen LogP contribution is -2.45. The minimum atomic E-state index is -4.88. The van der Waals surface area contributed by atoms with Crippen molar-refractivity contribution in [1.29, 1.82) is 0 Å². The maximum atomic E-state index is 13.7. The molecule has 3 rings (SSSR count). The number of carbonyl (C=O) groups excluding carboxylic acids is 1. The highest BCUT2D eigenvalue weighted by atomic mass is 32.2. The van der Waals surface area contributed by atoms with E-state index in [0.29, 0.717) is 26.1 Å². The Morgan fingerprint density at radius 1 is 1.15 bits per heavy atom. The zero-order chi connectivity index (χ0) is 31.2. The van der Waals surface area contributed by atoms with Crippen molar-refractivity contribution in [2.45, 2.75) is 63.1 Å². The Balaban J connectivity index is 2.05. The number of ether oxygens (including phenoxy) is 2. The van der Waals surface area contributed by atoms with Gasteiger partial charge in [0.15, 0.2) is 0 Å². The first-order valence-corrected chi connectivity index (χ1v) is 13.4. The van der Waals surface area contributed by atoms with Crippen molar-refractivity contribution in [3.63, 3.8) is 0 Å². The smallest absolute Gasteiger partial charge is 0.427 e. The molecule has 0 unspecified atom stereocenters. The number of halogens is 6. The van der Waals surface area contributed by atoms with Gasteiger partial charge in [0.25, 0.3) is 10.0 Å². The molecule has 1 aromatic heterocycles. The number of rotatable bonds is 7. The van der Waals surface area contributed by atoms with Gasteiger partial charge in [0, 0.05) is 29.2 Å². The van der Waals surface area contributed by atoms with Crippen molar-refractivity contribution < 1.29 is 49.0 Å². The second kappa shape index (κ2) is 10.6. The molecular formula is C25H28F6N4O5S. The van der Waals surface area contributed by atoms with Crippen molar-refractivity contribution in [3.05, 3.63) is 54.5 Å². The number of fused-ring (bicyclic) bond motifs is 1. The van der Waals surface area contributed by atoms with E-state index in [9.17, 15) is 39.6 Å². The molecule has 1 atom stereocenters. The first-order valence-electron chi connectivity index (χ1n) is 11.9. The van der Waals surface area contributed by atoms with Crippen LogP contribution in [0.1, 0.15) is 39.7 Å². The molecule has 1 aliphatic rings. The molecule has 0 saturated carbocycles. The largest absolute Gasteiger partial charge is 0.486 e. The molecule has 1 amide bonds. The summed E-state index contributed by atoms with van der Waals surface area (Å²) in [6.45, 7) is 8.09. The predicted octanol–water partition coefficient (Wildman–Crippen LogP) is 5.83. The van der Waals surface area contributed by atoms with Crippen molar-refractivity contribution in [3.8, 4) is 5.75 Å². The van der Waals surface area contributed by atoms with Crippen LogP contribution in [-0.2, 0) is 20.9 Å². The van der Waals surface area contributed by atoms with Gasteiger partial charge in [-0.1, -0.05) is 20.4 Å². The molecule has 0 radical (unpaired) electrons. The first kappa shape index (κ1) is 31.8. The van der Waals surface area contributed by atoms with Crippen LogP contribution in [0.2, 0.25) is 0 Å². The fraction of sp³-hybridized carbons (Fsp3) is 0.440. The number of aromatic nitrogens is 1. The number of hydrogen-bond acceptors (Lipinski definition) is 7. The van der Waals surface area contributed by atoms with Gasteiger partial charge in [-0.05, 0) is 44.5 Å². The maximum absolute atomic E-state index is 13.7. The Morgan fingerprint density at radius 2 is 1.78 bits per heavy atom. The number of sulfonamides is 1. The third kappa shape index (κ3) is 6.97. The number of carbonyl (C=O) groups is 1. The minimum Gasteiger partial charge on any atom is -0.486 e. The lowest BCUT2D eigenvalue weighted by atomic mass is 9.83. The van der Waals surface area contributed by atoms with E-state index in [4.69, 9.17) is 10.5 Å². The molecule has 0 fully saturated rings. The molecule has 0 saturated heterocycles. The van der Waals surface area contributed by atoms with E-state index in [2.05, 4.69) is 21.6 Å². The van der Waals surface area contributed by atoms with Crippen LogP contribution in [0.25, 0.3) is 0 Å². The van der Waals surface area contributed by atoms with Crippen LogP contribution in [0, 0.1) is 5.41 Å². The summed E-state index contributed by atoms with van der Waals surface area (Å²) in [5, 5.41) is 2.10. The van der Waals surface area contributed by atoms with Crippen LogP contribution in [-0.4, -0.2) is 43.9 Å². The second-order valence-corrected chi connectivity index (χ2v) is 12.4. The molecular weight excluding hydrogens is 582 g/mol. The fourth-order valence-electron chi connectivity index (χ4n) is 3.70. The minimum absolute atomic E-state index is 0.0299. The molecule has 226 valence electrons. The highest BCUT2D eigenvalue weighted by Crippen LogP contribution is 2.42. The van der Waals surface area contributed by atoms with Gasteiger partial charge in [-0.15, -0.1) is 0 Å². The number of alkyl halides is 6. The third-order valence-electron chi connectivity index (χ3n) is 6.40. The number of hydrogen-bond donors (Lipinski definition) is 2. The summed E-state index contributed by atoms with van der Waals surface area (Å²) in [4.78, 5) is 14.9.